The highest BCUT2D eigenvalue weighted by atomic mass is 32.1. The summed E-state index contributed by atoms with van der Waals surface area (Å²) in [4.78, 5) is 0. The average molecular weight is 373 g/mol. The van der Waals surface area contributed by atoms with Crippen LogP contribution in [-0.2, 0) is 0 Å². The summed E-state index contributed by atoms with van der Waals surface area (Å²) in [7, 11) is 3.26. The van der Waals surface area contributed by atoms with Crippen molar-refractivity contribution in [1.29, 1.82) is 0 Å². The van der Waals surface area contributed by atoms with Crippen molar-refractivity contribution in [2.24, 2.45) is 0 Å². The number of ether oxygens (including phenoxy) is 2. The third kappa shape index (κ3) is 5.11. The number of anilines is 1. The van der Waals surface area contributed by atoms with Crippen LogP contribution < -0.4 is 20.1 Å². The van der Waals surface area contributed by atoms with Crippen LogP contribution in [0.4, 0.5) is 5.69 Å². The van der Waals surface area contributed by atoms with Crippen molar-refractivity contribution in [3.8, 4) is 11.5 Å². The van der Waals surface area contributed by atoms with Crippen LogP contribution >= 0.6 is 12.2 Å². The molecule has 0 amide bonds. The lowest BCUT2D eigenvalue weighted by Gasteiger charge is -2.21. The van der Waals surface area contributed by atoms with Gasteiger partial charge in [-0.05, 0) is 47.8 Å². The van der Waals surface area contributed by atoms with Crippen LogP contribution in [-0.4, -0.2) is 19.3 Å². The fourth-order valence-electron chi connectivity index (χ4n) is 2.75. The molecular weight excluding hydrogens is 344 g/mol. The lowest BCUT2D eigenvalue weighted by Crippen LogP contribution is -2.32. The Labute approximate surface area is 161 Å². The molecule has 5 heteroatoms. The van der Waals surface area contributed by atoms with Crippen molar-refractivity contribution >= 4 is 23.0 Å². The summed E-state index contributed by atoms with van der Waals surface area (Å²) in [6.07, 6.45) is 0.933. The predicted molar refractivity (Wildman–Crippen MR) is 112 cm³/mol. The van der Waals surface area contributed by atoms with E-state index >= 15 is 0 Å². The average Bonchev–Trinajstić information content (AvgIpc) is 2.66. The van der Waals surface area contributed by atoms with Gasteiger partial charge >= 0.3 is 0 Å². The Morgan fingerprint density at radius 1 is 1.00 bits per heavy atom. The molecule has 1 unspecified atom stereocenters. The van der Waals surface area contributed by atoms with Gasteiger partial charge in [-0.15, -0.1) is 0 Å². The number of rotatable bonds is 7. The number of methoxy groups -OCH3 is 2. The molecule has 2 rings (SSSR count). The number of benzene rings is 2. The quantitative estimate of drug-likeness (QED) is 0.649. The van der Waals surface area contributed by atoms with E-state index < -0.39 is 0 Å². The molecule has 0 fully saturated rings. The third-order valence-corrected chi connectivity index (χ3v) is 4.60. The summed E-state index contributed by atoms with van der Waals surface area (Å²) in [6.45, 7) is 6.54. The maximum atomic E-state index is 5.51. The maximum absolute atomic E-state index is 5.51. The van der Waals surface area contributed by atoms with Gasteiger partial charge in [0.1, 0.15) is 11.5 Å². The molecule has 0 aliphatic rings. The van der Waals surface area contributed by atoms with Gasteiger partial charge in [-0.2, -0.15) is 0 Å². The molecule has 0 radical (unpaired) electrons. The molecule has 26 heavy (non-hydrogen) atoms. The van der Waals surface area contributed by atoms with Crippen molar-refractivity contribution in [1.82, 2.24) is 5.32 Å². The Bertz CT molecular complexity index is 729. The summed E-state index contributed by atoms with van der Waals surface area (Å²) in [6, 6.07) is 14.5. The lowest BCUT2D eigenvalue weighted by atomic mass is 9.98. The van der Waals surface area contributed by atoms with Crippen molar-refractivity contribution in [3.05, 3.63) is 53.6 Å². The number of nitrogens with one attached hydrogen (secondary N) is 2. The van der Waals surface area contributed by atoms with Crippen LogP contribution in [0.5, 0.6) is 11.5 Å². The van der Waals surface area contributed by atoms with E-state index in [1.807, 2.05) is 18.2 Å². The van der Waals surface area contributed by atoms with E-state index in [4.69, 9.17) is 21.7 Å². The van der Waals surface area contributed by atoms with E-state index in [9.17, 15) is 0 Å². The first-order valence-corrected chi connectivity index (χ1v) is 9.28. The topological polar surface area (TPSA) is 42.5 Å². The molecule has 0 aliphatic heterocycles. The molecule has 2 aromatic rings. The van der Waals surface area contributed by atoms with Gasteiger partial charge in [0, 0.05) is 6.07 Å². The zero-order valence-corrected chi connectivity index (χ0v) is 16.9. The molecule has 0 bridgehead atoms. The second-order valence-electron chi connectivity index (χ2n) is 6.45. The van der Waals surface area contributed by atoms with Gasteiger partial charge in [-0.25, -0.2) is 0 Å². The first-order chi connectivity index (χ1) is 12.5. The third-order valence-electron chi connectivity index (χ3n) is 4.38. The van der Waals surface area contributed by atoms with Crippen LogP contribution in [0, 0.1) is 0 Å². The lowest BCUT2D eigenvalue weighted by molar-refractivity contribution is 0.395. The van der Waals surface area contributed by atoms with Gasteiger partial charge in [0.15, 0.2) is 5.11 Å². The SMILES string of the molecule is CCC(NC(=S)Nc1ccc(OC)cc1OC)c1ccc(C(C)C)cc1. The highest BCUT2D eigenvalue weighted by molar-refractivity contribution is 7.80. The fourth-order valence-corrected chi connectivity index (χ4v) is 3.00. The minimum atomic E-state index is 0.153. The zero-order valence-electron chi connectivity index (χ0n) is 16.1. The van der Waals surface area contributed by atoms with E-state index in [2.05, 4.69) is 55.7 Å². The summed E-state index contributed by atoms with van der Waals surface area (Å²) in [5, 5.41) is 7.17. The standard InChI is InChI=1S/C21H28N2O2S/c1-6-18(16-9-7-15(8-10-16)14(2)3)22-21(26)23-19-12-11-17(24-4)13-20(19)25-5/h7-14,18H,6H2,1-5H3,(H2,22,23,26). The predicted octanol–water partition coefficient (Wildman–Crippen LogP) is 5.26. The smallest absolute Gasteiger partial charge is 0.171 e. The monoisotopic (exact) mass is 372 g/mol. The van der Waals surface area contributed by atoms with E-state index in [1.54, 1.807) is 14.2 Å². The molecular formula is C21H28N2O2S. The van der Waals surface area contributed by atoms with Crippen molar-refractivity contribution < 1.29 is 9.47 Å². The van der Waals surface area contributed by atoms with Crippen LogP contribution in [0.1, 0.15) is 50.3 Å². The molecule has 4 nitrogen and oxygen atoms in total. The Morgan fingerprint density at radius 3 is 2.19 bits per heavy atom. The summed E-state index contributed by atoms with van der Waals surface area (Å²) in [5.74, 6) is 1.95. The first-order valence-electron chi connectivity index (χ1n) is 8.87. The Balaban J connectivity index is 2.07. The summed E-state index contributed by atoms with van der Waals surface area (Å²) < 4.78 is 10.6. The molecule has 140 valence electrons. The van der Waals surface area contributed by atoms with Gasteiger partial charge in [0.05, 0.1) is 25.9 Å². The zero-order chi connectivity index (χ0) is 19.1. The van der Waals surface area contributed by atoms with Crippen LogP contribution in [0.15, 0.2) is 42.5 Å². The van der Waals surface area contributed by atoms with E-state index in [0.717, 1.165) is 17.9 Å². The van der Waals surface area contributed by atoms with E-state index in [-0.39, 0.29) is 6.04 Å². The highest BCUT2D eigenvalue weighted by Crippen LogP contribution is 2.29. The van der Waals surface area contributed by atoms with Gasteiger partial charge in [0.25, 0.3) is 0 Å². The maximum Gasteiger partial charge on any atom is 0.171 e. The molecule has 0 saturated carbocycles. The molecule has 0 aromatic heterocycles. The number of thiocarbonyl (C=S) groups is 1. The van der Waals surface area contributed by atoms with Crippen molar-refractivity contribution in [2.45, 2.75) is 39.2 Å². The molecule has 2 N–H and O–H groups in total. The van der Waals surface area contributed by atoms with E-state index in [1.165, 1.54) is 11.1 Å². The minimum absolute atomic E-state index is 0.153. The molecule has 1 atom stereocenters. The Kier molecular flexibility index (Phi) is 7.27. The van der Waals surface area contributed by atoms with Crippen molar-refractivity contribution in [2.75, 3.05) is 19.5 Å². The largest absolute Gasteiger partial charge is 0.497 e. The molecule has 2 aromatic carbocycles. The van der Waals surface area contributed by atoms with Crippen molar-refractivity contribution in [3.63, 3.8) is 0 Å². The summed E-state index contributed by atoms with van der Waals surface area (Å²) in [5.41, 5.74) is 3.37. The fraction of sp³-hybridized carbons (Fsp3) is 0.381. The molecule has 0 heterocycles. The van der Waals surface area contributed by atoms with Crippen LogP contribution in [0.3, 0.4) is 0 Å². The van der Waals surface area contributed by atoms with Crippen LogP contribution in [0.25, 0.3) is 0 Å². The molecule has 0 aliphatic carbocycles. The second-order valence-corrected chi connectivity index (χ2v) is 6.86. The Hall–Kier alpha value is -2.27. The van der Waals surface area contributed by atoms with Gasteiger partial charge < -0.3 is 20.1 Å². The van der Waals surface area contributed by atoms with Crippen LogP contribution in [0.2, 0.25) is 0 Å². The van der Waals surface area contributed by atoms with E-state index in [0.29, 0.717) is 16.8 Å². The highest BCUT2D eigenvalue weighted by Gasteiger charge is 2.13. The molecule has 0 saturated heterocycles. The number of hydrogen-bond acceptors (Lipinski definition) is 3. The molecule has 0 spiro atoms. The number of hydrogen-bond donors (Lipinski definition) is 2. The summed E-state index contributed by atoms with van der Waals surface area (Å²) >= 11 is 5.51. The normalized spacial score (nSPS) is 11.8. The van der Waals surface area contributed by atoms with Gasteiger partial charge in [-0.3, -0.25) is 0 Å². The van der Waals surface area contributed by atoms with Gasteiger partial charge in [-0.1, -0.05) is 45.0 Å². The van der Waals surface area contributed by atoms with Gasteiger partial charge in [0.2, 0.25) is 0 Å². The first kappa shape index (κ1) is 20.0. The Morgan fingerprint density at radius 2 is 1.65 bits per heavy atom. The minimum Gasteiger partial charge on any atom is -0.497 e. The second kappa shape index (κ2) is 9.43.